The molecule has 2 heterocycles. The molecule has 2 atom stereocenters. The number of ether oxygens (including phenoxy) is 1. The summed E-state index contributed by atoms with van der Waals surface area (Å²) in [5, 5.41) is 12.3. The number of esters is 1. The first-order chi connectivity index (χ1) is 12.8. The van der Waals surface area contributed by atoms with Crippen LogP contribution in [0.3, 0.4) is 0 Å². The molecule has 0 spiro atoms. The van der Waals surface area contributed by atoms with E-state index in [1.165, 1.54) is 6.33 Å². The maximum absolute atomic E-state index is 12.1. The van der Waals surface area contributed by atoms with Crippen molar-refractivity contribution >= 4 is 17.0 Å². The summed E-state index contributed by atoms with van der Waals surface area (Å²) in [5.74, 6) is -0.345. The Morgan fingerprint density at radius 1 is 1.44 bits per heavy atom. The fourth-order valence-corrected chi connectivity index (χ4v) is 4.71. The third-order valence-corrected chi connectivity index (χ3v) is 5.56. The molecule has 0 aliphatic heterocycles. The first kappa shape index (κ1) is 19.3. The zero-order valence-corrected chi connectivity index (χ0v) is 15.9. The minimum absolute atomic E-state index is 0.103. The SMILES string of the molecule is CCOC(=O)CC1(C[N+](=O)[O-])CCC[C@](C)(Cn2ccc3cncnc32)C1. The van der Waals surface area contributed by atoms with Gasteiger partial charge in [-0.15, -0.1) is 0 Å². The Morgan fingerprint density at radius 2 is 2.26 bits per heavy atom. The standard InChI is InChI=1S/C19H26N4O4/c1-3-27-16(24)9-19(13-23(25)26)7-4-6-18(2,11-19)12-22-8-5-15-10-20-14-21-17(15)22/h5,8,10,14H,3-4,6-7,9,11-13H2,1-2H3/t18-,19?/m0/s1. The van der Waals surface area contributed by atoms with E-state index in [9.17, 15) is 14.9 Å². The second-order valence-electron chi connectivity index (χ2n) is 8.06. The smallest absolute Gasteiger partial charge is 0.306 e. The molecule has 0 amide bonds. The number of hydrogen-bond donors (Lipinski definition) is 0. The second kappa shape index (κ2) is 7.62. The molecule has 0 saturated heterocycles. The Kier molecular flexibility index (Phi) is 5.43. The molecular weight excluding hydrogens is 348 g/mol. The summed E-state index contributed by atoms with van der Waals surface area (Å²) < 4.78 is 7.19. The number of carbonyl (C=O) groups is 1. The summed E-state index contributed by atoms with van der Waals surface area (Å²) in [6.07, 6.45) is 8.50. The second-order valence-corrected chi connectivity index (χ2v) is 8.06. The first-order valence-electron chi connectivity index (χ1n) is 9.37. The number of nitro groups is 1. The highest BCUT2D eigenvalue weighted by atomic mass is 16.6. The molecule has 1 aliphatic carbocycles. The van der Waals surface area contributed by atoms with Crippen molar-refractivity contribution in [3.05, 3.63) is 34.9 Å². The summed E-state index contributed by atoms with van der Waals surface area (Å²) in [4.78, 5) is 31.6. The molecular formula is C19H26N4O4. The van der Waals surface area contributed by atoms with Gasteiger partial charge in [0, 0.05) is 34.7 Å². The van der Waals surface area contributed by atoms with Gasteiger partial charge in [-0.1, -0.05) is 13.3 Å². The van der Waals surface area contributed by atoms with Crippen LogP contribution >= 0.6 is 0 Å². The molecule has 1 fully saturated rings. The fraction of sp³-hybridized carbons (Fsp3) is 0.632. The maximum Gasteiger partial charge on any atom is 0.306 e. The lowest BCUT2D eigenvalue weighted by Gasteiger charge is -2.44. The number of hydrogen-bond acceptors (Lipinski definition) is 6. The highest BCUT2D eigenvalue weighted by Gasteiger charge is 2.47. The van der Waals surface area contributed by atoms with Crippen molar-refractivity contribution in [2.24, 2.45) is 10.8 Å². The lowest BCUT2D eigenvalue weighted by atomic mass is 9.61. The van der Waals surface area contributed by atoms with Crippen molar-refractivity contribution in [3.8, 4) is 0 Å². The summed E-state index contributed by atoms with van der Waals surface area (Å²) in [5.41, 5.74) is 0.0558. The third kappa shape index (κ3) is 4.43. The van der Waals surface area contributed by atoms with E-state index in [4.69, 9.17) is 4.74 Å². The molecule has 0 aromatic carbocycles. The quantitative estimate of drug-likeness (QED) is 0.419. The van der Waals surface area contributed by atoms with E-state index >= 15 is 0 Å². The van der Waals surface area contributed by atoms with Crippen molar-refractivity contribution < 1.29 is 14.5 Å². The van der Waals surface area contributed by atoms with E-state index in [-0.39, 0.29) is 29.3 Å². The molecule has 1 aliphatic rings. The summed E-state index contributed by atoms with van der Waals surface area (Å²) in [6.45, 7) is 4.70. The summed E-state index contributed by atoms with van der Waals surface area (Å²) in [6, 6.07) is 1.98. The van der Waals surface area contributed by atoms with Crippen LogP contribution < -0.4 is 0 Å². The van der Waals surface area contributed by atoms with E-state index in [0.717, 1.165) is 23.9 Å². The van der Waals surface area contributed by atoms with E-state index in [1.54, 1.807) is 13.1 Å². The van der Waals surface area contributed by atoms with E-state index in [0.29, 0.717) is 26.0 Å². The van der Waals surface area contributed by atoms with Crippen LogP contribution in [0.25, 0.3) is 11.0 Å². The Balaban J connectivity index is 1.84. The minimum Gasteiger partial charge on any atom is -0.466 e. The Morgan fingerprint density at radius 3 is 3.00 bits per heavy atom. The van der Waals surface area contributed by atoms with Gasteiger partial charge in [-0.05, 0) is 37.7 Å². The summed E-state index contributed by atoms with van der Waals surface area (Å²) >= 11 is 0. The number of rotatable bonds is 7. The van der Waals surface area contributed by atoms with Crippen molar-refractivity contribution in [1.82, 2.24) is 14.5 Å². The van der Waals surface area contributed by atoms with Gasteiger partial charge in [0.1, 0.15) is 12.0 Å². The number of aromatic nitrogens is 3. The van der Waals surface area contributed by atoms with Gasteiger partial charge in [0.05, 0.1) is 13.0 Å². The summed E-state index contributed by atoms with van der Waals surface area (Å²) in [7, 11) is 0. The van der Waals surface area contributed by atoms with Crippen LogP contribution in [0, 0.1) is 20.9 Å². The van der Waals surface area contributed by atoms with Gasteiger partial charge in [0.25, 0.3) is 0 Å². The lowest BCUT2D eigenvalue weighted by molar-refractivity contribution is -0.500. The van der Waals surface area contributed by atoms with Crippen LogP contribution in [-0.4, -0.2) is 38.6 Å². The van der Waals surface area contributed by atoms with Gasteiger partial charge >= 0.3 is 5.97 Å². The Hall–Kier alpha value is -2.51. The Bertz CT molecular complexity index is 836. The molecule has 1 unspecified atom stereocenters. The molecule has 3 rings (SSSR count). The van der Waals surface area contributed by atoms with E-state index in [1.807, 2.05) is 12.3 Å². The molecule has 2 aromatic rings. The Labute approximate surface area is 158 Å². The van der Waals surface area contributed by atoms with E-state index in [2.05, 4.69) is 21.5 Å². The predicted molar refractivity (Wildman–Crippen MR) is 99.6 cm³/mol. The highest BCUT2D eigenvalue weighted by molar-refractivity contribution is 5.74. The number of fused-ring (bicyclic) bond motifs is 1. The molecule has 146 valence electrons. The number of carbonyl (C=O) groups excluding carboxylic acids is 1. The van der Waals surface area contributed by atoms with E-state index < -0.39 is 5.41 Å². The van der Waals surface area contributed by atoms with Gasteiger partial charge in [0.15, 0.2) is 0 Å². The van der Waals surface area contributed by atoms with Crippen molar-refractivity contribution in [2.75, 3.05) is 13.2 Å². The third-order valence-electron chi connectivity index (χ3n) is 5.56. The average Bonchev–Trinajstić information content (AvgIpc) is 2.96. The zero-order valence-electron chi connectivity index (χ0n) is 15.9. The fourth-order valence-electron chi connectivity index (χ4n) is 4.71. The lowest BCUT2D eigenvalue weighted by Crippen LogP contribution is -2.43. The molecule has 8 heteroatoms. The van der Waals surface area contributed by atoms with Crippen molar-refractivity contribution in [3.63, 3.8) is 0 Å². The van der Waals surface area contributed by atoms with Crippen LogP contribution in [0.1, 0.15) is 46.0 Å². The van der Waals surface area contributed by atoms with Crippen LogP contribution in [0.4, 0.5) is 0 Å². The average molecular weight is 374 g/mol. The normalized spacial score (nSPS) is 25.4. The largest absolute Gasteiger partial charge is 0.466 e. The molecule has 27 heavy (non-hydrogen) atoms. The van der Waals surface area contributed by atoms with Crippen LogP contribution in [0.2, 0.25) is 0 Å². The molecule has 0 radical (unpaired) electrons. The molecule has 0 bridgehead atoms. The highest BCUT2D eigenvalue weighted by Crippen LogP contribution is 2.49. The molecule has 1 saturated carbocycles. The number of nitrogens with zero attached hydrogens (tertiary/aromatic N) is 4. The van der Waals surface area contributed by atoms with Crippen molar-refractivity contribution in [2.45, 2.75) is 52.5 Å². The van der Waals surface area contributed by atoms with Crippen molar-refractivity contribution in [1.29, 1.82) is 0 Å². The van der Waals surface area contributed by atoms with Gasteiger partial charge in [-0.3, -0.25) is 14.9 Å². The minimum atomic E-state index is -0.652. The molecule has 2 aromatic heterocycles. The maximum atomic E-state index is 12.1. The molecule has 0 N–H and O–H groups in total. The predicted octanol–water partition coefficient (Wildman–Crippen LogP) is 3.23. The zero-order chi connectivity index (χ0) is 19.5. The van der Waals surface area contributed by atoms with Gasteiger partial charge < -0.3 is 9.30 Å². The monoisotopic (exact) mass is 374 g/mol. The van der Waals surface area contributed by atoms with Gasteiger partial charge in [-0.2, -0.15) is 0 Å². The van der Waals surface area contributed by atoms with Gasteiger partial charge in [-0.25, -0.2) is 9.97 Å². The van der Waals surface area contributed by atoms with Crippen LogP contribution in [0.5, 0.6) is 0 Å². The molecule has 8 nitrogen and oxygen atoms in total. The van der Waals surface area contributed by atoms with Crippen LogP contribution in [0.15, 0.2) is 24.8 Å². The first-order valence-corrected chi connectivity index (χ1v) is 9.37. The van der Waals surface area contributed by atoms with Gasteiger partial charge in [0.2, 0.25) is 6.54 Å². The topological polar surface area (TPSA) is 100 Å². The van der Waals surface area contributed by atoms with Crippen LogP contribution in [-0.2, 0) is 16.1 Å².